The Morgan fingerprint density at radius 2 is 1.44 bits per heavy atom. The van der Waals surface area contributed by atoms with Crippen molar-refractivity contribution in [1.29, 1.82) is 0 Å². The summed E-state index contributed by atoms with van der Waals surface area (Å²) in [5.74, 6) is 0. The van der Waals surface area contributed by atoms with Crippen molar-refractivity contribution in [2.24, 2.45) is 0 Å². The Morgan fingerprint density at radius 3 is 1.78 bits per heavy atom. The van der Waals surface area contributed by atoms with E-state index in [1.54, 1.807) is 0 Å². The summed E-state index contributed by atoms with van der Waals surface area (Å²) in [6.45, 7) is 0. The van der Waals surface area contributed by atoms with Crippen molar-refractivity contribution in [3.8, 4) is 0 Å². The van der Waals surface area contributed by atoms with Crippen LogP contribution in [0.4, 0.5) is 27.6 Å². The molecular weight excluding hydrogens is 324 g/mol. The van der Waals surface area contributed by atoms with Crippen LogP contribution in [0.25, 0.3) is 0 Å². The van der Waals surface area contributed by atoms with E-state index in [1.165, 1.54) is 0 Å². The smallest absolute Gasteiger partial charge is 0.396 e. The van der Waals surface area contributed by atoms with Crippen molar-refractivity contribution in [2.45, 2.75) is 16.3 Å². The van der Waals surface area contributed by atoms with E-state index in [9.17, 15) is 26.2 Å². The fraction of sp³-hybridized carbons (Fsp3) is 0.250. The van der Waals surface area contributed by atoms with E-state index in [4.69, 9.17) is 28.9 Å². The maximum absolute atomic E-state index is 12.8. The number of rotatable bonds is 2. The first kappa shape index (κ1) is 15.5. The molecule has 1 aromatic rings. The molecule has 10 heteroatoms. The maximum atomic E-state index is 12.8. The number of halogens is 7. The molecule has 2 N–H and O–H groups in total. The lowest BCUT2D eigenvalue weighted by Crippen LogP contribution is -2.40. The lowest BCUT2D eigenvalue weighted by molar-refractivity contribution is -0.239. The van der Waals surface area contributed by atoms with Crippen molar-refractivity contribution in [2.75, 3.05) is 5.73 Å². The van der Waals surface area contributed by atoms with Crippen LogP contribution in [-0.2, 0) is 10.8 Å². The Morgan fingerprint density at radius 1 is 1.06 bits per heavy atom. The van der Waals surface area contributed by atoms with Gasteiger partial charge in [-0.05, 0) is 12.1 Å². The van der Waals surface area contributed by atoms with Gasteiger partial charge in [0.2, 0.25) is 0 Å². The second-order valence-electron chi connectivity index (χ2n) is 3.08. The lowest BCUT2D eigenvalue weighted by Gasteiger charge is -2.19. The molecule has 1 atom stereocenters. The van der Waals surface area contributed by atoms with Gasteiger partial charge in [-0.25, -0.2) is 4.21 Å². The summed E-state index contributed by atoms with van der Waals surface area (Å²) in [7, 11) is -3.67. The third kappa shape index (κ3) is 2.70. The monoisotopic (exact) mass is 327 g/mol. The van der Waals surface area contributed by atoms with Gasteiger partial charge in [0.15, 0.2) is 0 Å². The first-order valence-electron chi connectivity index (χ1n) is 4.09. The molecule has 0 aliphatic rings. The van der Waals surface area contributed by atoms with E-state index < -0.39 is 27.1 Å². The van der Waals surface area contributed by atoms with Crippen LogP contribution >= 0.6 is 23.2 Å². The van der Waals surface area contributed by atoms with E-state index >= 15 is 0 Å². The second kappa shape index (κ2) is 4.82. The fourth-order valence-corrected chi connectivity index (χ4v) is 2.49. The number of anilines is 1. The number of hydrogen-bond donors (Lipinski definition) is 1. The summed E-state index contributed by atoms with van der Waals surface area (Å²) in [5.41, 5.74) is 5.07. The zero-order valence-corrected chi connectivity index (χ0v) is 10.5. The van der Waals surface area contributed by atoms with Gasteiger partial charge in [-0.15, -0.1) is 0 Å². The molecule has 0 aliphatic heterocycles. The Kier molecular flexibility index (Phi) is 4.14. The van der Waals surface area contributed by atoms with Gasteiger partial charge in [0.05, 0.1) is 15.7 Å². The highest BCUT2D eigenvalue weighted by Crippen LogP contribution is 2.42. The minimum Gasteiger partial charge on any atom is -0.396 e. The highest BCUT2D eigenvalue weighted by molar-refractivity contribution is 7.86. The first-order valence-corrected chi connectivity index (χ1v) is 6.00. The molecule has 2 nitrogen and oxygen atoms in total. The van der Waals surface area contributed by atoms with Crippen LogP contribution in [0.2, 0.25) is 10.0 Å². The molecule has 1 aromatic carbocycles. The Labute approximate surface area is 110 Å². The summed E-state index contributed by atoms with van der Waals surface area (Å²) in [6, 6.07) is 1.30. The quantitative estimate of drug-likeness (QED) is 0.662. The van der Waals surface area contributed by atoms with E-state index in [-0.39, 0.29) is 15.7 Å². The van der Waals surface area contributed by atoms with Crippen molar-refractivity contribution < 1.29 is 26.2 Å². The van der Waals surface area contributed by atoms with Gasteiger partial charge >= 0.3 is 11.4 Å². The topological polar surface area (TPSA) is 43.1 Å². The first-order chi connectivity index (χ1) is 7.98. The molecule has 1 unspecified atom stereocenters. The van der Waals surface area contributed by atoms with Gasteiger partial charge < -0.3 is 5.73 Å². The summed E-state index contributed by atoms with van der Waals surface area (Å²) < 4.78 is 72.9. The molecule has 0 saturated heterocycles. The minimum absolute atomic E-state index is 0.200. The van der Waals surface area contributed by atoms with Crippen molar-refractivity contribution in [1.82, 2.24) is 0 Å². The van der Waals surface area contributed by atoms with Crippen LogP contribution in [-0.4, -0.2) is 15.6 Å². The Hall–Kier alpha value is -0.600. The third-order valence-corrected chi connectivity index (χ3v) is 3.82. The molecular formula is C8H4Cl2F5NOS. The summed E-state index contributed by atoms with van der Waals surface area (Å²) in [6.07, 6.45) is -5.95. The third-order valence-electron chi connectivity index (χ3n) is 1.83. The number of hydrogen-bond acceptors (Lipinski definition) is 2. The van der Waals surface area contributed by atoms with Crippen LogP contribution in [0.1, 0.15) is 0 Å². The molecule has 0 bridgehead atoms. The predicted octanol–water partition coefficient (Wildman–Crippen LogP) is 3.84. The Balaban J connectivity index is 3.29. The number of benzene rings is 1. The van der Waals surface area contributed by atoms with Crippen molar-refractivity contribution in [3.05, 3.63) is 22.2 Å². The van der Waals surface area contributed by atoms with Gasteiger partial charge in [0.1, 0.15) is 10.8 Å². The molecule has 0 amide bonds. The van der Waals surface area contributed by atoms with Gasteiger partial charge in [-0.2, -0.15) is 22.0 Å². The van der Waals surface area contributed by atoms with Crippen molar-refractivity contribution in [3.63, 3.8) is 0 Å². The molecule has 102 valence electrons. The molecule has 0 aromatic heterocycles. The van der Waals surface area contributed by atoms with Gasteiger partial charge in [-0.1, -0.05) is 23.2 Å². The lowest BCUT2D eigenvalue weighted by atomic mass is 10.3. The van der Waals surface area contributed by atoms with Crippen LogP contribution in [0.3, 0.4) is 0 Å². The zero-order chi connectivity index (χ0) is 14.3. The molecule has 18 heavy (non-hydrogen) atoms. The van der Waals surface area contributed by atoms with Gasteiger partial charge in [0, 0.05) is 4.90 Å². The summed E-state index contributed by atoms with van der Waals surface area (Å²) in [5, 5.41) is -6.12. The largest absolute Gasteiger partial charge is 0.467 e. The van der Waals surface area contributed by atoms with E-state index in [0.29, 0.717) is 12.1 Å². The highest BCUT2D eigenvalue weighted by atomic mass is 35.5. The maximum Gasteiger partial charge on any atom is 0.467 e. The Bertz CT molecular complexity index is 482. The average molecular weight is 328 g/mol. The number of nitrogens with two attached hydrogens (primary N) is 1. The van der Waals surface area contributed by atoms with E-state index in [2.05, 4.69) is 0 Å². The molecule has 0 spiro atoms. The normalized spacial score (nSPS) is 14.6. The van der Waals surface area contributed by atoms with E-state index in [0.717, 1.165) is 0 Å². The van der Waals surface area contributed by atoms with Gasteiger partial charge in [-0.3, -0.25) is 0 Å². The minimum atomic E-state index is -5.95. The summed E-state index contributed by atoms with van der Waals surface area (Å²) in [4.78, 5) is -0.860. The fourth-order valence-electron chi connectivity index (χ4n) is 0.921. The molecule has 0 heterocycles. The second-order valence-corrected chi connectivity index (χ2v) is 5.42. The van der Waals surface area contributed by atoms with Crippen LogP contribution < -0.4 is 5.73 Å². The van der Waals surface area contributed by atoms with E-state index in [1.807, 2.05) is 0 Å². The summed E-state index contributed by atoms with van der Waals surface area (Å²) >= 11 is 10.9. The number of nitrogen functional groups attached to an aromatic ring is 1. The zero-order valence-electron chi connectivity index (χ0n) is 8.19. The molecule has 0 aliphatic carbocycles. The van der Waals surface area contributed by atoms with Crippen LogP contribution in [0.15, 0.2) is 17.0 Å². The highest BCUT2D eigenvalue weighted by Gasteiger charge is 2.62. The van der Waals surface area contributed by atoms with Crippen LogP contribution in [0, 0.1) is 0 Å². The molecule has 0 saturated carbocycles. The average Bonchev–Trinajstić information content (AvgIpc) is 2.22. The molecule has 1 rings (SSSR count). The van der Waals surface area contributed by atoms with Crippen molar-refractivity contribution >= 4 is 39.7 Å². The molecule has 0 fully saturated rings. The standard InChI is InChI=1S/C8H4Cl2F5NOS/c9-4-1-3(2-5(10)6(4)16)18(17)8(14,15)7(11,12)13/h1-2H,16H2. The predicted molar refractivity (Wildman–Crippen MR) is 58.3 cm³/mol. The molecule has 0 radical (unpaired) electrons. The van der Waals surface area contributed by atoms with Gasteiger partial charge in [0.25, 0.3) is 0 Å². The van der Waals surface area contributed by atoms with Crippen LogP contribution in [0.5, 0.6) is 0 Å². The number of alkyl halides is 5. The SMILES string of the molecule is Nc1c(Cl)cc(S(=O)C(F)(F)C(F)(F)F)cc1Cl.